The van der Waals surface area contributed by atoms with Crippen molar-refractivity contribution in [1.29, 1.82) is 0 Å². The van der Waals surface area contributed by atoms with Gasteiger partial charge in [0.15, 0.2) is 0 Å². The number of hydrogen-bond donors (Lipinski definition) is 0. The van der Waals surface area contributed by atoms with Crippen LogP contribution in [0.4, 0.5) is 0 Å². The Morgan fingerprint density at radius 2 is 1.06 bits per heavy atom. The van der Waals surface area contributed by atoms with E-state index in [1.165, 1.54) is 30.9 Å². The van der Waals surface area contributed by atoms with Crippen molar-refractivity contribution in [2.75, 3.05) is 0 Å². The first kappa shape index (κ1) is 8.74. The third-order valence-corrected chi connectivity index (χ3v) is 4.91. The van der Waals surface area contributed by atoms with E-state index in [4.69, 9.17) is 0 Å². The second-order valence-electron chi connectivity index (χ2n) is 3.91. The molecule has 0 fully saturated rings. The third kappa shape index (κ3) is 1.03. The van der Waals surface area contributed by atoms with Crippen molar-refractivity contribution in [3.05, 3.63) is 47.2 Å². The van der Waals surface area contributed by atoms with Crippen LogP contribution in [0.15, 0.2) is 47.2 Å². The molecule has 0 spiro atoms. The summed E-state index contributed by atoms with van der Waals surface area (Å²) in [4.78, 5) is 0. The van der Waals surface area contributed by atoms with Crippen LogP contribution in [0.25, 0.3) is 30.9 Å². The fourth-order valence-corrected chi connectivity index (χ4v) is 4.24. The molecule has 0 saturated heterocycles. The molecule has 76 valence electrons. The van der Waals surface area contributed by atoms with Crippen LogP contribution in [-0.4, -0.2) is 0 Å². The fraction of sp³-hybridized carbons (Fsp3) is 0. The Bertz CT molecular complexity index is 740. The molecule has 2 aromatic carbocycles. The highest BCUT2D eigenvalue weighted by Gasteiger charge is 2.06. The van der Waals surface area contributed by atoms with E-state index in [9.17, 15) is 0 Å². The topological polar surface area (TPSA) is 0 Å². The predicted molar refractivity (Wildman–Crippen MR) is 74.7 cm³/mol. The Morgan fingerprint density at radius 1 is 0.562 bits per heavy atom. The normalized spacial score (nSPS) is 11.8. The zero-order chi connectivity index (χ0) is 10.5. The maximum absolute atomic E-state index is 2.23. The van der Waals surface area contributed by atoms with Gasteiger partial charge in [-0.15, -0.1) is 22.7 Å². The van der Waals surface area contributed by atoms with Crippen LogP contribution in [0.1, 0.15) is 0 Å². The molecule has 2 heterocycles. The van der Waals surface area contributed by atoms with Crippen molar-refractivity contribution in [2.45, 2.75) is 0 Å². The highest BCUT2D eigenvalue weighted by atomic mass is 32.1. The Kier molecular flexibility index (Phi) is 1.67. The van der Waals surface area contributed by atoms with E-state index in [2.05, 4.69) is 47.2 Å². The molecule has 2 aromatic heterocycles. The molecule has 0 aliphatic heterocycles. The third-order valence-electron chi connectivity index (χ3n) is 3.02. The van der Waals surface area contributed by atoms with Crippen molar-refractivity contribution in [3.8, 4) is 0 Å². The minimum absolute atomic E-state index is 1.35. The average Bonchev–Trinajstić information content (AvgIpc) is 2.96. The summed E-state index contributed by atoms with van der Waals surface area (Å²) in [6, 6.07) is 13.3. The monoisotopic (exact) mass is 240 g/mol. The predicted octanol–water partition coefficient (Wildman–Crippen LogP) is 5.27. The van der Waals surface area contributed by atoms with Gasteiger partial charge in [-0.25, -0.2) is 0 Å². The van der Waals surface area contributed by atoms with Crippen LogP contribution in [0.5, 0.6) is 0 Å². The first-order chi connectivity index (χ1) is 7.93. The lowest BCUT2D eigenvalue weighted by molar-refractivity contribution is 1.91. The van der Waals surface area contributed by atoms with Gasteiger partial charge in [0.1, 0.15) is 0 Å². The molecule has 0 aliphatic rings. The summed E-state index contributed by atoms with van der Waals surface area (Å²) in [7, 11) is 0. The Hall–Kier alpha value is -1.38. The summed E-state index contributed by atoms with van der Waals surface area (Å²) in [6.07, 6.45) is 0. The van der Waals surface area contributed by atoms with Crippen molar-refractivity contribution in [2.24, 2.45) is 0 Å². The summed E-state index contributed by atoms with van der Waals surface area (Å²) in [5.74, 6) is 0. The molecule has 0 nitrogen and oxygen atoms in total. The van der Waals surface area contributed by atoms with Gasteiger partial charge in [0.05, 0.1) is 0 Å². The first-order valence-corrected chi connectivity index (χ1v) is 6.95. The van der Waals surface area contributed by atoms with E-state index in [-0.39, 0.29) is 0 Å². The van der Waals surface area contributed by atoms with Crippen molar-refractivity contribution >= 4 is 53.6 Å². The number of fused-ring (bicyclic) bond motifs is 5. The average molecular weight is 240 g/mol. The molecule has 0 bridgehead atoms. The molecular formula is C14H8S2. The Balaban J connectivity index is 2.44. The molecule has 4 rings (SSSR count). The second kappa shape index (κ2) is 3.06. The lowest BCUT2D eigenvalue weighted by atomic mass is 10.1. The van der Waals surface area contributed by atoms with Gasteiger partial charge >= 0.3 is 0 Å². The van der Waals surface area contributed by atoms with Gasteiger partial charge < -0.3 is 0 Å². The van der Waals surface area contributed by atoms with E-state index >= 15 is 0 Å². The van der Waals surface area contributed by atoms with Crippen LogP contribution < -0.4 is 0 Å². The minimum Gasteiger partial charge on any atom is -0.143 e. The van der Waals surface area contributed by atoms with E-state index in [0.29, 0.717) is 0 Å². The SMILES string of the molecule is c1cc2ccc3ccc4ccsc4c3c2s1. The van der Waals surface area contributed by atoms with E-state index in [1.807, 2.05) is 22.7 Å². The number of benzene rings is 2. The molecule has 2 heteroatoms. The number of hydrogen-bond acceptors (Lipinski definition) is 2. The lowest BCUT2D eigenvalue weighted by Gasteiger charge is -2.01. The summed E-state index contributed by atoms with van der Waals surface area (Å²) in [5, 5.41) is 9.86. The van der Waals surface area contributed by atoms with Gasteiger partial charge in [0.25, 0.3) is 0 Å². The van der Waals surface area contributed by atoms with Crippen LogP contribution in [0.2, 0.25) is 0 Å². The zero-order valence-corrected chi connectivity index (χ0v) is 10.1. The molecule has 0 radical (unpaired) electrons. The fourth-order valence-electron chi connectivity index (χ4n) is 2.25. The summed E-state index contributed by atoms with van der Waals surface area (Å²) < 4.78 is 2.84. The molecule has 0 saturated carbocycles. The standard InChI is InChI=1S/C14H8S2/c1-3-10-5-7-15-13(10)12-9(1)2-4-11-6-8-16-14(11)12/h1-8H. The Labute approximate surface area is 101 Å². The number of thiophene rings is 2. The van der Waals surface area contributed by atoms with Gasteiger partial charge in [-0.05, 0) is 39.1 Å². The van der Waals surface area contributed by atoms with Gasteiger partial charge in [0.2, 0.25) is 0 Å². The molecule has 16 heavy (non-hydrogen) atoms. The molecule has 0 N–H and O–H groups in total. The van der Waals surface area contributed by atoms with Gasteiger partial charge in [-0.3, -0.25) is 0 Å². The van der Waals surface area contributed by atoms with Gasteiger partial charge in [-0.2, -0.15) is 0 Å². The van der Waals surface area contributed by atoms with Crippen LogP contribution in [0.3, 0.4) is 0 Å². The van der Waals surface area contributed by atoms with Crippen molar-refractivity contribution < 1.29 is 0 Å². The highest BCUT2D eigenvalue weighted by Crippen LogP contribution is 2.37. The second-order valence-corrected chi connectivity index (χ2v) is 5.74. The van der Waals surface area contributed by atoms with Crippen LogP contribution >= 0.6 is 22.7 Å². The largest absolute Gasteiger partial charge is 0.143 e. The summed E-state index contributed by atoms with van der Waals surface area (Å²) in [5.41, 5.74) is 0. The molecule has 0 atom stereocenters. The summed E-state index contributed by atoms with van der Waals surface area (Å²) >= 11 is 3.68. The van der Waals surface area contributed by atoms with Crippen molar-refractivity contribution in [1.82, 2.24) is 0 Å². The molecule has 0 amide bonds. The van der Waals surface area contributed by atoms with E-state index in [1.54, 1.807) is 0 Å². The molecule has 4 aromatic rings. The van der Waals surface area contributed by atoms with Gasteiger partial charge in [0, 0.05) is 14.8 Å². The Morgan fingerprint density at radius 3 is 1.62 bits per heavy atom. The quantitative estimate of drug-likeness (QED) is 0.393. The smallest absolute Gasteiger partial charge is 0.0435 e. The molecular weight excluding hydrogens is 232 g/mol. The van der Waals surface area contributed by atoms with E-state index < -0.39 is 0 Å². The molecule has 0 aliphatic carbocycles. The maximum atomic E-state index is 2.23. The number of rotatable bonds is 0. The van der Waals surface area contributed by atoms with Crippen LogP contribution in [0, 0.1) is 0 Å². The highest BCUT2D eigenvalue weighted by molar-refractivity contribution is 7.21. The lowest BCUT2D eigenvalue weighted by Crippen LogP contribution is -1.73. The minimum atomic E-state index is 1.35. The van der Waals surface area contributed by atoms with Crippen molar-refractivity contribution in [3.63, 3.8) is 0 Å². The summed E-state index contributed by atoms with van der Waals surface area (Å²) in [6.45, 7) is 0. The molecule has 0 unspecified atom stereocenters. The first-order valence-electron chi connectivity index (χ1n) is 5.20. The van der Waals surface area contributed by atoms with Gasteiger partial charge in [-0.1, -0.05) is 24.3 Å². The maximum Gasteiger partial charge on any atom is 0.0435 e. The van der Waals surface area contributed by atoms with E-state index in [0.717, 1.165) is 0 Å². The zero-order valence-electron chi connectivity index (χ0n) is 8.44. The van der Waals surface area contributed by atoms with Crippen LogP contribution in [-0.2, 0) is 0 Å².